The maximum Gasteiger partial charge on any atom is 0.305 e. The predicted molar refractivity (Wildman–Crippen MR) is 88.6 cm³/mol. The van der Waals surface area contributed by atoms with E-state index in [1.54, 1.807) is 6.20 Å². The largest absolute Gasteiger partial charge is 0.481 e. The molecule has 25 heavy (non-hydrogen) atoms. The van der Waals surface area contributed by atoms with Gasteiger partial charge < -0.3 is 15.2 Å². The summed E-state index contributed by atoms with van der Waals surface area (Å²) in [5, 5.41) is 20.1. The van der Waals surface area contributed by atoms with E-state index in [-0.39, 0.29) is 18.9 Å². The summed E-state index contributed by atoms with van der Waals surface area (Å²) in [4.78, 5) is 23.5. The standard InChI is InChI=1S/C17H20N4O4/c22-15(18-17(10-16(23)24)6-8-25-9-7-17)12-21-11-14(19-20-21)13-4-2-1-3-5-13/h1-5,11H,6-10,12H2,(H,18,22)(H,23,24). The molecule has 2 heterocycles. The highest BCUT2D eigenvalue weighted by molar-refractivity contribution is 5.78. The lowest BCUT2D eigenvalue weighted by Gasteiger charge is -2.36. The first-order valence-electron chi connectivity index (χ1n) is 8.12. The number of carbonyl (C=O) groups excluding carboxylic acids is 1. The van der Waals surface area contributed by atoms with E-state index in [0.29, 0.717) is 31.7 Å². The van der Waals surface area contributed by atoms with Gasteiger partial charge in [0.25, 0.3) is 0 Å². The number of amides is 1. The van der Waals surface area contributed by atoms with Gasteiger partial charge in [-0.25, -0.2) is 4.68 Å². The van der Waals surface area contributed by atoms with Crippen LogP contribution in [0.5, 0.6) is 0 Å². The molecule has 1 fully saturated rings. The number of carbonyl (C=O) groups is 2. The Hall–Kier alpha value is -2.74. The Morgan fingerprint density at radius 3 is 2.64 bits per heavy atom. The van der Waals surface area contributed by atoms with Crippen molar-refractivity contribution in [2.45, 2.75) is 31.3 Å². The van der Waals surface area contributed by atoms with Gasteiger partial charge in [-0.15, -0.1) is 5.10 Å². The number of nitrogens with one attached hydrogen (secondary N) is 1. The number of aromatic nitrogens is 3. The van der Waals surface area contributed by atoms with Gasteiger partial charge in [0.05, 0.1) is 18.2 Å². The van der Waals surface area contributed by atoms with Crippen LogP contribution in [0.2, 0.25) is 0 Å². The fourth-order valence-corrected chi connectivity index (χ4v) is 3.00. The van der Waals surface area contributed by atoms with Crippen LogP contribution < -0.4 is 5.32 Å². The van der Waals surface area contributed by atoms with Gasteiger partial charge in [0, 0.05) is 18.8 Å². The van der Waals surface area contributed by atoms with Gasteiger partial charge in [-0.1, -0.05) is 35.5 Å². The summed E-state index contributed by atoms with van der Waals surface area (Å²) >= 11 is 0. The predicted octanol–water partition coefficient (Wildman–Crippen LogP) is 1.09. The van der Waals surface area contributed by atoms with Crippen LogP contribution in [-0.4, -0.2) is 50.7 Å². The summed E-state index contributed by atoms with van der Waals surface area (Å²) in [5.41, 5.74) is 0.838. The van der Waals surface area contributed by atoms with Crippen LogP contribution in [0.3, 0.4) is 0 Å². The minimum Gasteiger partial charge on any atom is -0.481 e. The summed E-state index contributed by atoms with van der Waals surface area (Å²) < 4.78 is 6.74. The van der Waals surface area contributed by atoms with Crippen molar-refractivity contribution in [2.24, 2.45) is 0 Å². The summed E-state index contributed by atoms with van der Waals surface area (Å²) in [5.74, 6) is -1.22. The quantitative estimate of drug-likeness (QED) is 0.812. The number of carboxylic acids is 1. The van der Waals surface area contributed by atoms with Crippen molar-refractivity contribution in [1.82, 2.24) is 20.3 Å². The zero-order valence-electron chi connectivity index (χ0n) is 13.7. The van der Waals surface area contributed by atoms with Gasteiger partial charge in [0.2, 0.25) is 5.91 Å². The van der Waals surface area contributed by atoms with Gasteiger partial charge in [-0.05, 0) is 12.8 Å². The molecule has 1 amide bonds. The zero-order valence-corrected chi connectivity index (χ0v) is 13.7. The van der Waals surface area contributed by atoms with E-state index in [9.17, 15) is 9.59 Å². The third-order valence-electron chi connectivity index (χ3n) is 4.26. The molecular formula is C17H20N4O4. The molecule has 1 aromatic carbocycles. The number of ether oxygens (including phenoxy) is 1. The van der Waals surface area contributed by atoms with Crippen LogP contribution in [0.4, 0.5) is 0 Å². The van der Waals surface area contributed by atoms with E-state index >= 15 is 0 Å². The first-order valence-corrected chi connectivity index (χ1v) is 8.12. The van der Waals surface area contributed by atoms with Crippen molar-refractivity contribution < 1.29 is 19.4 Å². The molecular weight excluding hydrogens is 324 g/mol. The SMILES string of the molecule is O=C(O)CC1(NC(=O)Cn2cc(-c3ccccc3)nn2)CCOCC1. The monoisotopic (exact) mass is 344 g/mol. The molecule has 8 heteroatoms. The fourth-order valence-electron chi connectivity index (χ4n) is 3.00. The zero-order chi connectivity index (χ0) is 17.7. The van der Waals surface area contributed by atoms with Crippen molar-refractivity contribution >= 4 is 11.9 Å². The highest BCUT2D eigenvalue weighted by atomic mass is 16.5. The van der Waals surface area contributed by atoms with Gasteiger partial charge >= 0.3 is 5.97 Å². The smallest absolute Gasteiger partial charge is 0.305 e. The molecule has 8 nitrogen and oxygen atoms in total. The Bertz CT molecular complexity index is 738. The molecule has 0 spiro atoms. The van der Waals surface area contributed by atoms with Crippen molar-refractivity contribution in [3.63, 3.8) is 0 Å². The highest BCUT2D eigenvalue weighted by Gasteiger charge is 2.36. The second-order valence-electron chi connectivity index (χ2n) is 6.18. The Morgan fingerprint density at radius 2 is 1.96 bits per heavy atom. The van der Waals surface area contributed by atoms with E-state index in [1.807, 2.05) is 30.3 Å². The number of aliphatic carboxylic acids is 1. The van der Waals surface area contributed by atoms with E-state index in [1.165, 1.54) is 4.68 Å². The van der Waals surface area contributed by atoms with E-state index < -0.39 is 11.5 Å². The molecule has 0 radical (unpaired) electrons. The van der Waals surface area contributed by atoms with E-state index in [2.05, 4.69) is 15.6 Å². The molecule has 0 unspecified atom stereocenters. The normalized spacial score (nSPS) is 16.3. The van der Waals surface area contributed by atoms with Crippen LogP contribution in [0, 0.1) is 0 Å². The molecule has 2 aromatic rings. The summed E-state index contributed by atoms with van der Waals surface area (Å²) in [6.07, 6.45) is 2.55. The molecule has 0 aliphatic carbocycles. The Labute approximate surface area is 144 Å². The third-order valence-corrected chi connectivity index (χ3v) is 4.26. The maximum atomic E-state index is 12.4. The minimum absolute atomic E-state index is 0.0118. The first-order chi connectivity index (χ1) is 12.1. The molecule has 1 aliphatic heterocycles. The summed E-state index contributed by atoms with van der Waals surface area (Å²) in [7, 11) is 0. The second-order valence-corrected chi connectivity index (χ2v) is 6.18. The average molecular weight is 344 g/mol. The van der Waals surface area contributed by atoms with Gasteiger partial charge in [-0.3, -0.25) is 9.59 Å². The Balaban J connectivity index is 1.65. The van der Waals surface area contributed by atoms with Gasteiger partial charge in [0.1, 0.15) is 12.2 Å². The lowest BCUT2D eigenvalue weighted by molar-refractivity contribution is -0.140. The molecule has 0 saturated carbocycles. The number of carboxylic acid groups (broad SMARTS) is 1. The number of hydrogen-bond donors (Lipinski definition) is 2. The summed E-state index contributed by atoms with van der Waals surface area (Å²) in [6, 6.07) is 9.55. The van der Waals surface area contributed by atoms with Gasteiger partial charge in [0.15, 0.2) is 0 Å². The van der Waals surface area contributed by atoms with Crippen LogP contribution >= 0.6 is 0 Å². The summed E-state index contributed by atoms with van der Waals surface area (Å²) in [6.45, 7) is 0.867. The number of rotatable bonds is 6. The molecule has 1 saturated heterocycles. The lowest BCUT2D eigenvalue weighted by atomic mass is 9.86. The molecule has 0 bridgehead atoms. The van der Waals surface area contributed by atoms with Crippen LogP contribution in [0.25, 0.3) is 11.3 Å². The fraction of sp³-hybridized carbons (Fsp3) is 0.412. The first kappa shape index (κ1) is 17.1. The number of benzene rings is 1. The van der Waals surface area contributed by atoms with Crippen molar-refractivity contribution in [3.8, 4) is 11.3 Å². The molecule has 132 valence electrons. The second kappa shape index (κ2) is 7.43. The molecule has 1 aliphatic rings. The van der Waals surface area contributed by atoms with Crippen LogP contribution in [0.1, 0.15) is 19.3 Å². The third kappa shape index (κ3) is 4.42. The van der Waals surface area contributed by atoms with E-state index in [0.717, 1.165) is 5.56 Å². The Morgan fingerprint density at radius 1 is 1.24 bits per heavy atom. The lowest BCUT2D eigenvalue weighted by Crippen LogP contribution is -2.54. The van der Waals surface area contributed by atoms with Crippen molar-refractivity contribution in [1.29, 1.82) is 0 Å². The number of hydrogen-bond acceptors (Lipinski definition) is 5. The van der Waals surface area contributed by atoms with Crippen LogP contribution in [0.15, 0.2) is 36.5 Å². The maximum absolute atomic E-state index is 12.4. The van der Waals surface area contributed by atoms with Gasteiger partial charge in [-0.2, -0.15) is 0 Å². The van der Waals surface area contributed by atoms with Crippen LogP contribution in [-0.2, 0) is 20.9 Å². The Kier molecular flexibility index (Phi) is 5.08. The highest BCUT2D eigenvalue weighted by Crippen LogP contribution is 2.24. The minimum atomic E-state index is -0.936. The molecule has 3 rings (SSSR count). The molecule has 1 aromatic heterocycles. The average Bonchev–Trinajstić information content (AvgIpc) is 3.04. The molecule has 2 N–H and O–H groups in total. The number of nitrogens with zero attached hydrogens (tertiary/aromatic N) is 3. The topological polar surface area (TPSA) is 106 Å². The van der Waals surface area contributed by atoms with E-state index in [4.69, 9.17) is 9.84 Å². The van der Waals surface area contributed by atoms with Crippen molar-refractivity contribution in [2.75, 3.05) is 13.2 Å². The molecule has 0 atom stereocenters. The van der Waals surface area contributed by atoms with Crippen molar-refractivity contribution in [3.05, 3.63) is 36.5 Å².